The highest BCUT2D eigenvalue weighted by atomic mass is 35.5. The van der Waals surface area contributed by atoms with E-state index in [1.165, 1.54) is 18.0 Å². The molecule has 1 atom stereocenters. The summed E-state index contributed by atoms with van der Waals surface area (Å²) in [7, 11) is 1.46. The lowest BCUT2D eigenvalue weighted by molar-refractivity contribution is -0.150. The lowest BCUT2D eigenvalue weighted by Gasteiger charge is -2.19. The van der Waals surface area contributed by atoms with E-state index >= 15 is 0 Å². The average molecular weight is 606 g/mol. The first kappa shape index (κ1) is 31.6. The van der Waals surface area contributed by atoms with Crippen LogP contribution >= 0.6 is 11.6 Å². The van der Waals surface area contributed by atoms with Gasteiger partial charge >= 0.3 is 5.97 Å². The zero-order chi connectivity index (χ0) is 31.3. The van der Waals surface area contributed by atoms with Gasteiger partial charge in [0.15, 0.2) is 23.4 Å². The molecule has 0 aliphatic carbocycles. The molecule has 9 nitrogen and oxygen atoms in total. The molecule has 0 spiro atoms. The molecule has 10 heteroatoms. The third-order valence-electron chi connectivity index (χ3n) is 6.77. The minimum absolute atomic E-state index is 0.157. The highest BCUT2D eigenvalue weighted by Gasteiger charge is 2.22. The minimum Gasteiger partial charge on any atom is -0.494 e. The molecule has 4 aromatic rings. The largest absolute Gasteiger partial charge is 0.494 e. The van der Waals surface area contributed by atoms with Crippen molar-refractivity contribution in [3.05, 3.63) is 80.6 Å². The van der Waals surface area contributed by atoms with E-state index in [1.807, 2.05) is 32.0 Å². The third kappa shape index (κ3) is 6.83. The Labute approximate surface area is 256 Å². The molecule has 0 saturated heterocycles. The molecule has 43 heavy (non-hydrogen) atoms. The molecule has 0 aliphatic rings. The molecule has 0 saturated carbocycles. The van der Waals surface area contributed by atoms with Gasteiger partial charge in [-0.05, 0) is 75.1 Å². The van der Waals surface area contributed by atoms with Gasteiger partial charge in [-0.2, -0.15) is 9.78 Å². The Balaban J connectivity index is 1.94. The summed E-state index contributed by atoms with van der Waals surface area (Å²) in [6.45, 7) is 12.1. The van der Waals surface area contributed by atoms with Crippen molar-refractivity contribution in [3.63, 3.8) is 0 Å². The number of halogens is 1. The van der Waals surface area contributed by atoms with Gasteiger partial charge in [-0.15, -0.1) is 0 Å². The number of methoxy groups -OCH3 is 1. The number of aryl methyl sites for hydroxylation is 1. The van der Waals surface area contributed by atoms with Crippen molar-refractivity contribution >= 4 is 34.7 Å². The lowest BCUT2D eigenvalue weighted by Crippen LogP contribution is -2.26. The molecule has 0 unspecified atom stereocenters. The molecular weight excluding hydrogens is 570 g/mol. The molecule has 0 radical (unpaired) electrons. The summed E-state index contributed by atoms with van der Waals surface area (Å²) in [5, 5.41) is 5.38. The zero-order valence-corrected chi connectivity index (χ0v) is 26.2. The van der Waals surface area contributed by atoms with Crippen molar-refractivity contribution in [3.8, 4) is 28.6 Å². The van der Waals surface area contributed by atoms with Crippen LogP contribution in [0, 0.1) is 6.92 Å². The SMILES string of the molecule is CCOC(=O)[C@@H](C)Oc1c(C=Nn2c(-c3cc(C(C)C)c(OCC)cc3C)nc3ccccc3c2=O)cc(Cl)cc1OC. The van der Waals surface area contributed by atoms with Gasteiger partial charge in [0, 0.05) is 22.2 Å². The predicted octanol–water partition coefficient (Wildman–Crippen LogP) is 6.77. The van der Waals surface area contributed by atoms with Crippen LogP contribution < -0.4 is 19.8 Å². The Bertz CT molecular complexity index is 1730. The summed E-state index contributed by atoms with van der Waals surface area (Å²) in [6, 6.07) is 14.3. The highest BCUT2D eigenvalue weighted by Crippen LogP contribution is 2.36. The number of carbonyl (C=O) groups excluding carboxylic acids is 1. The molecule has 0 amide bonds. The summed E-state index contributed by atoms with van der Waals surface area (Å²) < 4.78 is 23.8. The zero-order valence-electron chi connectivity index (χ0n) is 25.4. The third-order valence-corrected chi connectivity index (χ3v) is 6.99. The summed E-state index contributed by atoms with van der Waals surface area (Å²) in [4.78, 5) is 31.1. The number of benzene rings is 3. The van der Waals surface area contributed by atoms with Crippen molar-refractivity contribution in [1.82, 2.24) is 9.66 Å². The number of esters is 1. The number of carbonyl (C=O) groups is 1. The maximum absolute atomic E-state index is 13.9. The van der Waals surface area contributed by atoms with Crippen molar-refractivity contribution < 1.29 is 23.7 Å². The van der Waals surface area contributed by atoms with Crippen LogP contribution in [-0.4, -0.2) is 48.3 Å². The van der Waals surface area contributed by atoms with Crippen LogP contribution in [0.5, 0.6) is 17.2 Å². The van der Waals surface area contributed by atoms with Crippen LogP contribution in [0.1, 0.15) is 57.2 Å². The summed E-state index contributed by atoms with van der Waals surface area (Å²) >= 11 is 6.39. The molecule has 4 rings (SSSR count). The van der Waals surface area contributed by atoms with Crippen LogP contribution in [-0.2, 0) is 9.53 Å². The number of aromatic nitrogens is 2. The minimum atomic E-state index is -0.941. The molecule has 1 aromatic heterocycles. The van der Waals surface area contributed by atoms with Crippen molar-refractivity contribution in [2.45, 2.75) is 53.6 Å². The van der Waals surface area contributed by atoms with Crippen LogP contribution in [0.4, 0.5) is 0 Å². The Hall–Kier alpha value is -4.37. The Morgan fingerprint density at radius 3 is 2.49 bits per heavy atom. The topological polar surface area (TPSA) is 101 Å². The fraction of sp³-hybridized carbons (Fsp3) is 0.333. The van der Waals surface area contributed by atoms with E-state index in [0.29, 0.717) is 39.7 Å². The summed E-state index contributed by atoms with van der Waals surface area (Å²) in [6.07, 6.45) is 0.500. The standard InChI is InChI=1S/C33H36ClN3O6/c1-8-41-28-14-20(5)26(17-25(28)19(3)4)31-36-27-13-11-10-12-24(27)32(38)37(31)35-18-22-15-23(34)16-29(40-7)30(22)43-21(6)33(39)42-9-2/h10-19,21H,8-9H2,1-7H3/t21-/m1/s1. The van der Waals surface area contributed by atoms with Gasteiger partial charge in [-0.3, -0.25) is 4.79 Å². The summed E-state index contributed by atoms with van der Waals surface area (Å²) in [5.74, 6) is 1.29. The molecule has 0 fully saturated rings. The number of para-hydroxylation sites is 1. The second-order valence-electron chi connectivity index (χ2n) is 10.1. The number of hydrogen-bond donors (Lipinski definition) is 0. The van der Waals surface area contributed by atoms with E-state index in [4.69, 9.17) is 35.5 Å². The quantitative estimate of drug-likeness (QED) is 0.137. The van der Waals surface area contributed by atoms with Crippen molar-refractivity contribution in [2.24, 2.45) is 5.10 Å². The van der Waals surface area contributed by atoms with Crippen LogP contribution in [0.3, 0.4) is 0 Å². The number of rotatable bonds is 11. The molecule has 1 heterocycles. The van der Waals surface area contributed by atoms with Gasteiger partial charge in [0.2, 0.25) is 0 Å². The van der Waals surface area contributed by atoms with E-state index in [-0.39, 0.29) is 23.8 Å². The molecule has 0 aliphatic heterocycles. The van der Waals surface area contributed by atoms with E-state index < -0.39 is 12.1 Å². The van der Waals surface area contributed by atoms with Crippen LogP contribution in [0.25, 0.3) is 22.3 Å². The maximum Gasteiger partial charge on any atom is 0.347 e. The monoisotopic (exact) mass is 605 g/mol. The fourth-order valence-electron chi connectivity index (χ4n) is 4.64. The predicted molar refractivity (Wildman–Crippen MR) is 169 cm³/mol. The average Bonchev–Trinajstić information content (AvgIpc) is 2.97. The fourth-order valence-corrected chi connectivity index (χ4v) is 4.86. The molecular formula is C33H36ClN3O6. The van der Waals surface area contributed by atoms with E-state index in [1.54, 1.807) is 44.2 Å². The van der Waals surface area contributed by atoms with Gasteiger partial charge < -0.3 is 18.9 Å². The first-order chi connectivity index (χ1) is 20.6. The lowest BCUT2D eigenvalue weighted by atomic mass is 9.96. The van der Waals surface area contributed by atoms with Gasteiger partial charge in [-0.1, -0.05) is 37.6 Å². The first-order valence-electron chi connectivity index (χ1n) is 14.1. The van der Waals surface area contributed by atoms with Crippen LogP contribution in [0.2, 0.25) is 5.02 Å². The number of ether oxygens (including phenoxy) is 4. The smallest absolute Gasteiger partial charge is 0.347 e. The van der Waals surface area contributed by atoms with Gasteiger partial charge in [0.1, 0.15) is 5.75 Å². The van der Waals surface area contributed by atoms with Gasteiger partial charge in [0.05, 0.1) is 37.4 Å². The van der Waals surface area contributed by atoms with Gasteiger partial charge in [-0.25, -0.2) is 9.78 Å². The summed E-state index contributed by atoms with van der Waals surface area (Å²) in [5.41, 5.74) is 3.18. The van der Waals surface area contributed by atoms with E-state index in [9.17, 15) is 9.59 Å². The van der Waals surface area contributed by atoms with Crippen LogP contribution in [0.15, 0.2) is 58.4 Å². The Kier molecular flexibility index (Phi) is 10.1. The molecule has 226 valence electrons. The Morgan fingerprint density at radius 1 is 1.07 bits per heavy atom. The molecule has 0 bridgehead atoms. The van der Waals surface area contributed by atoms with E-state index in [0.717, 1.165) is 22.4 Å². The van der Waals surface area contributed by atoms with Gasteiger partial charge in [0.25, 0.3) is 5.56 Å². The normalized spacial score (nSPS) is 12.1. The number of hydrogen-bond acceptors (Lipinski definition) is 8. The second-order valence-corrected chi connectivity index (χ2v) is 10.6. The van der Waals surface area contributed by atoms with E-state index in [2.05, 4.69) is 18.9 Å². The maximum atomic E-state index is 13.9. The number of fused-ring (bicyclic) bond motifs is 1. The second kappa shape index (κ2) is 13.7. The number of nitrogens with zero attached hydrogens (tertiary/aromatic N) is 3. The first-order valence-corrected chi connectivity index (χ1v) is 14.5. The molecule has 3 aromatic carbocycles. The molecule has 0 N–H and O–H groups in total. The Morgan fingerprint density at radius 2 is 1.81 bits per heavy atom. The van der Waals surface area contributed by atoms with Crippen molar-refractivity contribution in [1.29, 1.82) is 0 Å². The highest BCUT2D eigenvalue weighted by molar-refractivity contribution is 6.31. The van der Waals surface area contributed by atoms with Crippen molar-refractivity contribution in [2.75, 3.05) is 20.3 Å².